The van der Waals surface area contributed by atoms with Gasteiger partial charge >= 0.3 is 0 Å². The molecule has 2 aromatic carbocycles. The van der Waals surface area contributed by atoms with Crippen LogP contribution in [-0.2, 0) is 28.0 Å². The van der Waals surface area contributed by atoms with E-state index in [9.17, 15) is 19.1 Å². The molecule has 1 saturated carbocycles. The molecule has 2 amide bonds. The molecule has 2 bridgehead atoms. The number of halogens is 1. The number of aliphatic hydroxyl groups is 1. The van der Waals surface area contributed by atoms with Gasteiger partial charge in [0.2, 0.25) is 11.8 Å². The van der Waals surface area contributed by atoms with E-state index in [1.165, 1.54) is 23.3 Å². The minimum atomic E-state index is -0.926. The fourth-order valence-electron chi connectivity index (χ4n) is 5.53. The Balaban J connectivity index is 1.50. The Morgan fingerprint density at radius 2 is 1.93 bits per heavy atom. The number of nitrogens with one attached hydrogen (secondary N) is 3. The molecule has 8 heteroatoms. The van der Waals surface area contributed by atoms with Crippen LogP contribution in [0.2, 0.25) is 0 Å². The number of rotatable bonds is 8. The first-order valence-electron chi connectivity index (χ1n) is 14.8. The number of hydrogen-bond donors (Lipinski definition) is 4. The van der Waals surface area contributed by atoms with Gasteiger partial charge in [0.15, 0.2) is 0 Å². The highest BCUT2D eigenvalue weighted by Crippen LogP contribution is 2.45. The molecule has 4 rings (SSSR count). The van der Waals surface area contributed by atoms with Crippen molar-refractivity contribution in [1.29, 1.82) is 0 Å². The van der Waals surface area contributed by atoms with E-state index in [1.54, 1.807) is 6.07 Å². The minimum Gasteiger partial charge on any atom is -0.493 e. The molecular formula is C32H44FN3O4. The fraction of sp³-hybridized carbons (Fsp3) is 0.562. The molecule has 1 aliphatic heterocycles. The predicted octanol–water partition coefficient (Wildman–Crippen LogP) is 4.15. The summed E-state index contributed by atoms with van der Waals surface area (Å²) in [6, 6.07) is 12.4. The zero-order valence-corrected chi connectivity index (χ0v) is 23.8. The Morgan fingerprint density at radius 1 is 1.12 bits per heavy atom. The van der Waals surface area contributed by atoms with Gasteiger partial charge in [-0.15, -0.1) is 0 Å². The number of fused-ring (bicyclic) bond motifs is 2. The van der Waals surface area contributed by atoms with Crippen LogP contribution in [0.15, 0.2) is 42.5 Å². The molecule has 218 valence electrons. The van der Waals surface area contributed by atoms with Gasteiger partial charge in [0.25, 0.3) is 0 Å². The molecule has 3 atom stereocenters. The molecule has 1 unspecified atom stereocenters. The highest BCUT2D eigenvalue weighted by Gasteiger charge is 2.44. The average molecular weight is 554 g/mol. The van der Waals surface area contributed by atoms with E-state index in [-0.39, 0.29) is 49.1 Å². The fourth-order valence-corrected chi connectivity index (χ4v) is 5.53. The van der Waals surface area contributed by atoms with Crippen molar-refractivity contribution >= 4 is 11.8 Å². The van der Waals surface area contributed by atoms with Gasteiger partial charge in [-0.25, -0.2) is 4.39 Å². The number of hydrogen-bond acceptors (Lipinski definition) is 5. The van der Waals surface area contributed by atoms with Crippen LogP contribution in [0, 0.1) is 11.7 Å². The second kappa shape index (κ2) is 14.1. The molecule has 0 radical (unpaired) electrons. The van der Waals surface area contributed by atoms with Crippen molar-refractivity contribution in [1.82, 2.24) is 16.0 Å². The van der Waals surface area contributed by atoms with E-state index in [4.69, 9.17) is 4.74 Å². The number of aryl methyl sites for hydroxylation is 1. The molecule has 1 fully saturated rings. The number of carbonyl (C=O) groups is 2. The van der Waals surface area contributed by atoms with Gasteiger partial charge in [0.1, 0.15) is 11.6 Å². The van der Waals surface area contributed by atoms with Crippen LogP contribution in [0.4, 0.5) is 4.39 Å². The van der Waals surface area contributed by atoms with Gasteiger partial charge in [0, 0.05) is 37.5 Å². The lowest BCUT2D eigenvalue weighted by atomic mass is 9.98. The van der Waals surface area contributed by atoms with Crippen LogP contribution in [0.3, 0.4) is 0 Å². The quantitative estimate of drug-likeness (QED) is 0.394. The molecule has 7 nitrogen and oxygen atoms in total. The van der Waals surface area contributed by atoms with Crippen LogP contribution in [0.25, 0.3) is 0 Å². The van der Waals surface area contributed by atoms with E-state index in [0.717, 1.165) is 38.5 Å². The lowest BCUT2D eigenvalue weighted by Crippen LogP contribution is -2.50. The third-order valence-electron chi connectivity index (χ3n) is 8.12. The third-order valence-corrected chi connectivity index (χ3v) is 8.12. The molecular weight excluding hydrogens is 509 g/mol. The van der Waals surface area contributed by atoms with Crippen LogP contribution in [0.5, 0.6) is 5.75 Å². The SMILES string of the molecule is CCCC1CCNC(=O)CCC(=O)N[C@H]([C@H](O)CNC2(c3cccc(CC)c3)CC2)Cc2cc(F)cc(c2)OC1. The van der Waals surface area contributed by atoms with Crippen LogP contribution in [-0.4, -0.2) is 48.8 Å². The lowest BCUT2D eigenvalue weighted by molar-refractivity contribution is -0.127. The molecule has 40 heavy (non-hydrogen) atoms. The largest absolute Gasteiger partial charge is 0.493 e. The molecule has 0 saturated heterocycles. The summed E-state index contributed by atoms with van der Waals surface area (Å²) in [4.78, 5) is 25.2. The Bertz CT molecular complexity index is 1150. The van der Waals surface area contributed by atoms with Gasteiger partial charge in [-0.3, -0.25) is 9.59 Å². The summed E-state index contributed by atoms with van der Waals surface area (Å²) >= 11 is 0. The van der Waals surface area contributed by atoms with E-state index in [0.29, 0.717) is 24.5 Å². The van der Waals surface area contributed by atoms with E-state index >= 15 is 0 Å². The number of aliphatic hydroxyl groups excluding tert-OH is 1. The second-order valence-electron chi connectivity index (χ2n) is 11.4. The van der Waals surface area contributed by atoms with Crippen molar-refractivity contribution in [2.45, 2.75) is 89.3 Å². The topological polar surface area (TPSA) is 99.7 Å². The maximum absolute atomic E-state index is 14.6. The van der Waals surface area contributed by atoms with Gasteiger partial charge in [0.05, 0.1) is 18.8 Å². The zero-order valence-electron chi connectivity index (χ0n) is 23.8. The van der Waals surface area contributed by atoms with Crippen molar-refractivity contribution in [3.8, 4) is 5.75 Å². The first-order chi connectivity index (χ1) is 19.3. The Hall–Kier alpha value is -2.97. The van der Waals surface area contributed by atoms with Crippen LogP contribution >= 0.6 is 0 Å². The van der Waals surface area contributed by atoms with E-state index < -0.39 is 18.0 Å². The molecule has 1 aliphatic carbocycles. The summed E-state index contributed by atoms with van der Waals surface area (Å²) in [5, 5.41) is 20.6. The Morgan fingerprint density at radius 3 is 2.67 bits per heavy atom. The second-order valence-corrected chi connectivity index (χ2v) is 11.4. The van der Waals surface area contributed by atoms with Crippen molar-refractivity contribution in [3.63, 3.8) is 0 Å². The Kier molecular flexibility index (Phi) is 10.6. The van der Waals surface area contributed by atoms with E-state index in [2.05, 4.69) is 54.1 Å². The third kappa shape index (κ3) is 8.51. The minimum absolute atomic E-state index is 0.0200. The number of amides is 2. The molecule has 0 aromatic heterocycles. The van der Waals surface area contributed by atoms with E-state index in [1.807, 2.05) is 0 Å². The standard InChI is InChI=1S/C32H44FN3O4/c1-3-6-23-11-14-34-30(38)9-10-31(39)36-28(18-24-16-26(33)19-27(17-24)40-21-23)29(37)20-35-32(12-13-32)25-8-5-7-22(4-2)15-25/h5,7-8,15-17,19,23,28-29,35,37H,3-4,6,9-14,18,20-21H2,1-2H3,(H,34,38)(H,36,39)/t23?,28-,29+/m0/s1. The highest BCUT2D eigenvalue weighted by atomic mass is 19.1. The first kappa shape index (κ1) is 30.0. The van der Waals surface area contributed by atoms with Gasteiger partial charge in [-0.05, 0) is 73.3 Å². The summed E-state index contributed by atoms with van der Waals surface area (Å²) in [5.41, 5.74) is 2.93. The summed E-state index contributed by atoms with van der Waals surface area (Å²) in [6.45, 7) is 5.42. The van der Waals surface area contributed by atoms with Crippen molar-refractivity contribution in [3.05, 3.63) is 65.0 Å². The van der Waals surface area contributed by atoms with Gasteiger partial charge < -0.3 is 25.8 Å². The maximum atomic E-state index is 14.6. The van der Waals surface area contributed by atoms with Crippen molar-refractivity contribution in [2.75, 3.05) is 19.7 Å². The number of benzene rings is 2. The molecule has 4 N–H and O–H groups in total. The Labute approximate surface area is 237 Å². The van der Waals surface area contributed by atoms with Crippen LogP contribution in [0.1, 0.15) is 75.5 Å². The summed E-state index contributed by atoms with van der Waals surface area (Å²) in [6.07, 6.45) is 4.97. The summed E-state index contributed by atoms with van der Waals surface area (Å²) < 4.78 is 20.6. The van der Waals surface area contributed by atoms with Gasteiger partial charge in [-0.1, -0.05) is 44.5 Å². The van der Waals surface area contributed by atoms with Crippen molar-refractivity contribution < 1.29 is 23.8 Å². The number of ether oxygens (including phenoxy) is 1. The normalized spacial score (nSPS) is 22.5. The molecule has 2 aliphatic rings. The first-order valence-corrected chi connectivity index (χ1v) is 14.8. The monoisotopic (exact) mass is 553 g/mol. The smallest absolute Gasteiger partial charge is 0.220 e. The predicted molar refractivity (Wildman–Crippen MR) is 154 cm³/mol. The zero-order chi connectivity index (χ0) is 28.5. The van der Waals surface area contributed by atoms with Crippen LogP contribution < -0.4 is 20.7 Å². The highest BCUT2D eigenvalue weighted by molar-refractivity contribution is 5.83. The summed E-state index contributed by atoms with van der Waals surface area (Å²) in [5.74, 6) is -0.257. The molecule has 1 heterocycles. The number of carbonyl (C=O) groups excluding carboxylic acids is 2. The summed E-state index contributed by atoms with van der Waals surface area (Å²) in [7, 11) is 0. The van der Waals surface area contributed by atoms with Gasteiger partial charge in [-0.2, -0.15) is 0 Å². The molecule has 2 aromatic rings. The average Bonchev–Trinajstić information content (AvgIpc) is 3.74. The lowest BCUT2D eigenvalue weighted by Gasteiger charge is -2.28. The molecule has 0 spiro atoms. The maximum Gasteiger partial charge on any atom is 0.220 e. The van der Waals surface area contributed by atoms with Crippen molar-refractivity contribution in [2.24, 2.45) is 5.92 Å².